The summed E-state index contributed by atoms with van der Waals surface area (Å²) in [5.74, 6) is -0.0251. The molecule has 0 aromatic heterocycles. The van der Waals surface area contributed by atoms with Gasteiger partial charge >= 0.3 is 0 Å². The Morgan fingerprint density at radius 3 is 2.72 bits per heavy atom. The Labute approximate surface area is 116 Å². The molecule has 0 radical (unpaired) electrons. The van der Waals surface area contributed by atoms with Crippen molar-refractivity contribution in [2.45, 2.75) is 31.8 Å². The van der Waals surface area contributed by atoms with Crippen LogP contribution >= 0.6 is 15.9 Å². The van der Waals surface area contributed by atoms with E-state index in [2.05, 4.69) is 21.2 Å². The average molecular weight is 312 g/mol. The van der Waals surface area contributed by atoms with Crippen molar-refractivity contribution in [1.82, 2.24) is 0 Å². The van der Waals surface area contributed by atoms with E-state index in [0.29, 0.717) is 6.61 Å². The number of nitrogens with one attached hydrogen (secondary N) is 1. The molecule has 1 aliphatic heterocycles. The number of aryl methyl sites for hydroxylation is 1. The fraction of sp³-hybridized carbons (Fsp3) is 0.500. The smallest absolute Gasteiger partial charge is 0.253 e. The number of ether oxygens (including phenoxy) is 1. The van der Waals surface area contributed by atoms with Crippen LogP contribution in [0, 0.1) is 0 Å². The van der Waals surface area contributed by atoms with Crippen molar-refractivity contribution in [2.75, 3.05) is 17.3 Å². The first-order valence-electron chi connectivity index (χ1n) is 6.37. The quantitative estimate of drug-likeness (QED) is 0.868. The van der Waals surface area contributed by atoms with Gasteiger partial charge in [0, 0.05) is 17.6 Å². The molecule has 1 N–H and O–H groups in total. The van der Waals surface area contributed by atoms with Crippen molar-refractivity contribution >= 4 is 27.5 Å². The third-order valence-electron chi connectivity index (χ3n) is 3.08. The Morgan fingerprint density at radius 2 is 2.11 bits per heavy atom. The number of carbonyl (C=O) groups is 1. The maximum Gasteiger partial charge on any atom is 0.253 e. The number of alkyl halides is 1. The van der Waals surface area contributed by atoms with E-state index in [-0.39, 0.29) is 12.0 Å². The summed E-state index contributed by atoms with van der Waals surface area (Å²) in [4.78, 5) is 11.9. The maximum absolute atomic E-state index is 11.9. The molecule has 1 unspecified atom stereocenters. The summed E-state index contributed by atoms with van der Waals surface area (Å²) < 4.78 is 5.46. The van der Waals surface area contributed by atoms with Gasteiger partial charge in [0.05, 0.1) is 0 Å². The molecule has 0 aliphatic carbocycles. The molecule has 0 saturated carbocycles. The number of carbonyl (C=O) groups excluding carboxylic acids is 1. The molecule has 18 heavy (non-hydrogen) atoms. The standard InChI is InChI=1S/C14H18BrNO2/c15-9-8-11-4-6-12(7-5-11)16-14(17)13-3-1-2-10-18-13/h4-7,13H,1-3,8-10H2,(H,16,17). The molecule has 0 spiro atoms. The number of hydrogen-bond donors (Lipinski definition) is 1. The highest BCUT2D eigenvalue weighted by Crippen LogP contribution is 2.16. The van der Waals surface area contributed by atoms with E-state index in [9.17, 15) is 4.79 Å². The lowest BCUT2D eigenvalue weighted by Gasteiger charge is -2.21. The third kappa shape index (κ3) is 3.82. The van der Waals surface area contributed by atoms with Crippen LogP contribution in [-0.4, -0.2) is 23.9 Å². The van der Waals surface area contributed by atoms with Crippen molar-refractivity contribution in [3.05, 3.63) is 29.8 Å². The van der Waals surface area contributed by atoms with Crippen LogP contribution < -0.4 is 5.32 Å². The molecule has 1 atom stereocenters. The second-order valence-electron chi connectivity index (χ2n) is 4.48. The van der Waals surface area contributed by atoms with Crippen LogP contribution in [0.3, 0.4) is 0 Å². The predicted octanol–water partition coefficient (Wildman–Crippen LogP) is 3.13. The zero-order valence-corrected chi connectivity index (χ0v) is 11.9. The Kier molecular flexibility index (Phi) is 5.20. The SMILES string of the molecule is O=C(Nc1ccc(CCBr)cc1)C1CCCCO1. The molecule has 1 aromatic carbocycles. The first-order valence-corrected chi connectivity index (χ1v) is 7.49. The van der Waals surface area contributed by atoms with Gasteiger partial charge in [-0.25, -0.2) is 0 Å². The molecule has 1 aromatic rings. The Hall–Kier alpha value is -0.870. The molecule has 98 valence electrons. The zero-order chi connectivity index (χ0) is 12.8. The van der Waals surface area contributed by atoms with Gasteiger partial charge in [-0.1, -0.05) is 28.1 Å². The van der Waals surface area contributed by atoms with Gasteiger partial charge in [0.15, 0.2) is 0 Å². The van der Waals surface area contributed by atoms with E-state index >= 15 is 0 Å². The van der Waals surface area contributed by atoms with Crippen LogP contribution in [0.4, 0.5) is 5.69 Å². The Bertz CT molecular complexity index is 385. The molecule has 2 rings (SSSR count). The highest BCUT2D eigenvalue weighted by atomic mass is 79.9. The number of anilines is 1. The summed E-state index contributed by atoms with van der Waals surface area (Å²) in [6.07, 6.45) is 3.68. The fourth-order valence-corrected chi connectivity index (χ4v) is 2.49. The maximum atomic E-state index is 11.9. The number of amides is 1. The second-order valence-corrected chi connectivity index (χ2v) is 5.27. The van der Waals surface area contributed by atoms with E-state index in [1.807, 2.05) is 24.3 Å². The van der Waals surface area contributed by atoms with E-state index in [4.69, 9.17) is 4.74 Å². The molecular weight excluding hydrogens is 294 g/mol. The van der Waals surface area contributed by atoms with Crippen molar-refractivity contribution in [3.8, 4) is 0 Å². The molecule has 1 saturated heterocycles. The van der Waals surface area contributed by atoms with Crippen LogP contribution in [0.2, 0.25) is 0 Å². The summed E-state index contributed by atoms with van der Waals surface area (Å²) in [5, 5.41) is 3.86. The molecule has 1 aliphatic rings. The lowest BCUT2D eigenvalue weighted by molar-refractivity contribution is -0.129. The van der Waals surface area contributed by atoms with Crippen LogP contribution in [0.5, 0.6) is 0 Å². The average Bonchev–Trinajstić information content (AvgIpc) is 2.42. The van der Waals surface area contributed by atoms with Crippen molar-refractivity contribution in [1.29, 1.82) is 0 Å². The largest absolute Gasteiger partial charge is 0.368 e. The van der Waals surface area contributed by atoms with E-state index in [1.165, 1.54) is 5.56 Å². The van der Waals surface area contributed by atoms with Crippen LogP contribution in [0.25, 0.3) is 0 Å². The lowest BCUT2D eigenvalue weighted by atomic mass is 10.1. The van der Waals surface area contributed by atoms with Gasteiger partial charge in [-0.15, -0.1) is 0 Å². The normalized spacial score (nSPS) is 19.5. The van der Waals surface area contributed by atoms with Gasteiger partial charge in [-0.3, -0.25) is 4.79 Å². The molecule has 3 nitrogen and oxygen atoms in total. The van der Waals surface area contributed by atoms with Gasteiger partial charge in [-0.05, 0) is 43.4 Å². The summed E-state index contributed by atoms with van der Waals surface area (Å²) in [7, 11) is 0. The molecular formula is C14H18BrNO2. The van der Waals surface area contributed by atoms with E-state index < -0.39 is 0 Å². The number of rotatable bonds is 4. The second kappa shape index (κ2) is 6.90. The minimum absolute atomic E-state index is 0.0251. The van der Waals surface area contributed by atoms with Crippen LogP contribution in [0.15, 0.2) is 24.3 Å². The van der Waals surface area contributed by atoms with Gasteiger partial charge in [0.25, 0.3) is 5.91 Å². The number of benzene rings is 1. The number of halogens is 1. The van der Waals surface area contributed by atoms with Crippen molar-refractivity contribution in [3.63, 3.8) is 0 Å². The van der Waals surface area contributed by atoms with Gasteiger partial charge in [0.1, 0.15) is 6.10 Å². The summed E-state index contributed by atoms with van der Waals surface area (Å²) in [5.41, 5.74) is 2.10. The number of hydrogen-bond acceptors (Lipinski definition) is 2. The summed E-state index contributed by atoms with van der Waals surface area (Å²) >= 11 is 3.41. The lowest BCUT2D eigenvalue weighted by Crippen LogP contribution is -2.33. The minimum atomic E-state index is -0.277. The highest BCUT2D eigenvalue weighted by Gasteiger charge is 2.21. The van der Waals surface area contributed by atoms with Crippen molar-refractivity contribution in [2.24, 2.45) is 0 Å². The van der Waals surface area contributed by atoms with Gasteiger partial charge in [-0.2, -0.15) is 0 Å². The Morgan fingerprint density at radius 1 is 1.33 bits per heavy atom. The summed E-state index contributed by atoms with van der Waals surface area (Å²) in [6.45, 7) is 0.697. The molecule has 0 bridgehead atoms. The van der Waals surface area contributed by atoms with E-state index in [1.54, 1.807) is 0 Å². The first kappa shape index (κ1) is 13.6. The molecule has 1 fully saturated rings. The third-order valence-corrected chi connectivity index (χ3v) is 3.47. The van der Waals surface area contributed by atoms with Gasteiger partial charge in [0.2, 0.25) is 0 Å². The molecule has 1 heterocycles. The predicted molar refractivity (Wildman–Crippen MR) is 76.2 cm³/mol. The molecule has 1 amide bonds. The summed E-state index contributed by atoms with van der Waals surface area (Å²) in [6, 6.07) is 7.97. The van der Waals surface area contributed by atoms with Gasteiger partial charge < -0.3 is 10.1 Å². The first-order chi connectivity index (χ1) is 8.79. The van der Waals surface area contributed by atoms with Crippen LogP contribution in [-0.2, 0) is 16.0 Å². The van der Waals surface area contributed by atoms with Crippen molar-refractivity contribution < 1.29 is 9.53 Å². The monoisotopic (exact) mass is 311 g/mol. The highest BCUT2D eigenvalue weighted by molar-refractivity contribution is 9.09. The van der Waals surface area contributed by atoms with Crippen LogP contribution in [0.1, 0.15) is 24.8 Å². The minimum Gasteiger partial charge on any atom is -0.368 e. The Balaban J connectivity index is 1.89. The van der Waals surface area contributed by atoms with E-state index in [0.717, 1.165) is 36.7 Å². The fourth-order valence-electron chi connectivity index (χ4n) is 2.03. The molecule has 4 heteroatoms. The topological polar surface area (TPSA) is 38.3 Å². The zero-order valence-electron chi connectivity index (χ0n) is 10.3.